The van der Waals surface area contributed by atoms with Crippen LogP contribution in [0.5, 0.6) is 0 Å². The predicted octanol–water partition coefficient (Wildman–Crippen LogP) is 1.52. The number of ether oxygens (including phenoxy) is 1. The molecule has 0 bridgehead atoms. The Balaban J connectivity index is 2.21. The molecule has 2 N–H and O–H groups in total. The molecule has 1 fully saturated rings. The number of hydrogen-bond acceptors (Lipinski definition) is 5. The third-order valence-electron chi connectivity index (χ3n) is 2.92. The van der Waals surface area contributed by atoms with Gasteiger partial charge in [0.1, 0.15) is 0 Å². The van der Waals surface area contributed by atoms with Crippen molar-refractivity contribution in [3.05, 3.63) is 10.6 Å². The lowest BCUT2D eigenvalue weighted by Crippen LogP contribution is -2.47. The van der Waals surface area contributed by atoms with Gasteiger partial charge in [0.15, 0.2) is 5.13 Å². The lowest BCUT2D eigenvalue weighted by atomic mass is 10.2. The van der Waals surface area contributed by atoms with Crippen LogP contribution in [0.3, 0.4) is 0 Å². The van der Waals surface area contributed by atoms with E-state index < -0.39 is 0 Å². The molecule has 5 heteroatoms. The number of nitrogens with two attached hydrogens (primary N) is 1. The molecule has 1 aliphatic heterocycles. The van der Waals surface area contributed by atoms with Gasteiger partial charge in [-0.1, -0.05) is 0 Å². The summed E-state index contributed by atoms with van der Waals surface area (Å²) < 4.78 is 5.62. The van der Waals surface area contributed by atoms with Crippen LogP contribution in [0.25, 0.3) is 0 Å². The zero-order valence-corrected chi connectivity index (χ0v) is 10.9. The number of aromatic nitrogens is 1. The molecule has 0 aliphatic carbocycles. The molecule has 2 heterocycles. The summed E-state index contributed by atoms with van der Waals surface area (Å²) >= 11 is 1.71. The van der Waals surface area contributed by atoms with E-state index in [2.05, 4.69) is 23.7 Å². The first kappa shape index (κ1) is 11.8. The van der Waals surface area contributed by atoms with Gasteiger partial charge >= 0.3 is 0 Å². The molecule has 0 aromatic carbocycles. The summed E-state index contributed by atoms with van der Waals surface area (Å²) in [7, 11) is 0. The van der Waals surface area contributed by atoms with E-state index >= 15 is 0 Å². The van der Waals surface area contributed by atoms with Crippen molar-refractivity contribution < 1.29 is 4.74 Å². The van der Waals surface area contributed by atoms with Crippen molar-refractivity contribution in [1.29, 1.82) is 0 Å². The van der Waals surface area contributed by atoms with E-state index in [9.17, 15) is 0 Å². The molecule has 0 amide bonds. The van der Waals surface area contributed by atoms with Crippen LogP contribution in [-0.4, -0.2) is 30.3 Å². The number of thiazole rings is 1. The second kappa shape index (κ2) is 4.69. The van der Waals surface area contributed by atoms with Gasteiger partial charge in [-0.05, 0) is 20.8 Å². The van der Waals surface area contributed by atoms with Gasteiger partial charge in [-0.25, -0.2) is 4.98 Å². The van der Waals surface area contributed by atoms with E-state index in [1.807, 2.05) is 6.92 Å². The average Bonchev–Trinajstić information content (AvgIpc) is 2.63. The molecule has 0 radical (unpaired) electrons. The van der Waals surface area contributed by atoms with Crippen LogP contribution in [0, 0.1) is 6.92 Å². The normalized spacial score (nSPS) is 26.1. The average molecular weight is 241 g/mol. The van der Waals surface area contributed by atoms with Gasteiger partial charge < -0.3 is 15.4 Å². The number of hydrogen-bond donors (Lipinski definition) is 1. The molecule has 2 rings (SSSR count). The zero-order chi connectivity index (χ0) is 11.7. The molecule has 1 aliphatic rings. The van der Waals surface area contributed by atoms with E-state index in [0.717, 1.165) is 24.0 Å². The lowest BCUT2D eigenvalue weighted by Gasteiger charge is -2.36. The molecular formula is C11H19N3OS. The summed E-state index contributed by atoms with van der Waals surface area (Å²) in [6.07, 6.45) is 0.279. The fourth-order valence-electron chi connectivity index (χ4n) is 1.89. The highest BCUT2D eigenvalue weighted by Crippen LogP contribution is 2.29. The van der Waals surface area contributed by atoms with Gasteiger partial charge in [-0.15, -0.1) is 11.3 Å². The largest absolute Gasteiger partial charge is 0.375 e. The van der Waals surface area contributed by atoms with E-state index in [0.29, 0.717) is 12.6 Å². The third kappa shape index (κ3) is 2.21. The van der Waals surface area contributed by atoms with Gasteiger partial charge in [0.2, 0.25) is 0 Å². The van der Waals surface area contributed by atoms with Crippen molar-refractivity contribution in [3.8, 4) is 0 Å². The molecule has 1 aromatic rings. The van der Waals surface area contributed by atoms with Crippen LogP contribution in [0.4, 0.5) is 5.13 Å². The Kier molecular flexibility index (Phi) is 3.47. The molecule has 2 unspecified atom stereocenters. The van der Waals surface area contributed by atoms with Crippen LogP contribution >= 0.6 is 11.3 Å². The first-order valence-corrected chi connectivity index (χ1v) is 6.48. The van der Waals surface area contributed by atoms with Crippen molar-refractivity contribution in [2.75, 3.05) is 18.1 Å². The Bertz CT molecular complexity index is 366. The van der Waals surface area contributed by atoms with Gasteiger partial charge in [-0.3, -0.25) is 0 Å². The molecular weight excluding hydrogens is 222 g/mol. The quantitative estimate of drug-likeness (QED) is 0.853. The Hall–Kier alpha value is -0.650. The molecule has 1 aromatic heterocycles. The molecule has 4 nitrogen and oxygen atoms in total. The highest BCUT2D eigenvalue weighted by atomic mass is 32.1. The summed E-state index contributed by atoms with van der Waals surface area (Å²) in [6.45, 7) is 8.57. The molecule has 0 saturated carbocycles. The highest BCUT2D eigenvalue weighted by molar-refractivity contribution is 7.15. The monoisotopic (exact) mass is 241 g/mol. The molecule has 16 heavy (non-hydrogen) atoms. The van der Waals surface area contributed by atoms with Crippen molar-refractivity contribution >= 4 is 16.5 Å². The smallest absolute Gasteiger partial charge is 0.186 e. The van der Waals surface area contributed by atoms with Gasteiger partial charge in [-0.2, -0.15) is 0 Å². The maximum Gasteiger partial charge on any atom is 0.186 e. The Labute approximate surface area is 100 Å². The minimum absolute atomic E-state index is 0.279. The van der Waals surface area contributed by atoms with E-state index in [-0.39, 0.29) is 6.10 Å². The van der Waals surface area contributed by atoms with Gasteiger partial charge in [0, 0.05) is 18.0 Å². The van der Waals surface area contributed by atoms with E-state index in [4.69, 9.17) is 10.5 Å². The topological polar surface area (TPSA) is 51.4 Å². The number of anilines is 1. The minimum atomic E-state index is 0.279. The molecule has 1 saturated heterocycles. The van der Waals surface area contributed by atoms with Crippen LogP contribution in [-0.2, 0) is 11.3 Å². The Morgan fingerprint density at radius 3 is 2.94 bits per heavy atom. The summed E-state index contributed by atoms with van der Waals surface area (Å²) in [6, 6.07) is 0.396. The lowest BCUT2D eigenvalue weighted by molar-refractivity contribution is 0.0343. The molecule has 0 spiro atoms. The van der Waals surface area contributed by atoms with Crippen molar-refractivity contribution in [3.63, 3.8) is 0 Å². The third-order valence-corrected chi connectivity index (χ3v) is 4.14. The number of nitrogens with zero attached hydrogens (tertiary/aromatic N) is 2. The highest BCUT2D eigenvalue weighted by Gasteiger charge is 2.26. The van der Waals surface area contributed by atoms with E-state index in [1.54, 1.807) is 11.3 Å². The SMILES string of the molecule is Cc1nc(N2CC(C)OCC2C)sc1CN. The summed E-state index contributed by atoms with van der Waals surface area (Å²) in [5, 5.41) is 1.08. The van der Waals surface area contributed by atoms with Crippen molar-refractivity contribution in [2.24, 2.45) is 5.73 Å². The van der Waals surface area contributed by atoms with Crippen LogP contribution in [0.15, 0.2) is 0 Å². The predicted molar refractivity (Wildman–Crippen MR) is 67.0 cm³/mol. The van der Waals surface area contributed by atoms with Crippen LogP contribution in [0.1, 0.15) is 24.4 Å². The van der Waals surface area contributed by atoms with Gasteiger partial charge in [0.05, 0.1) is 24.4 Å². The Morgan fingerprint density at radius 1 is 1.56 bits per heavy atom. The second-order valence-corrected chi connectivity index (χ2v) is 5.42. The number of morpholine rings is 1. The Morgan fingerprint density at radius 2 is 2.31 bits per heavy atom. The maximum absolute atomic E-state index is 5.68. The van der Waals surface area contributed by atoms with E-state index in [1.165, 1.54) is 4.88 Å². The first-order valence-electron chi connectivity index (χ1n) is 5.66. The summed E-state index contributed by atoms with van der Waals surface area (Å²) in [5.74, 6) is 0. The van der Waals surface area contributed by atoms with Crippen molar-refractivity contribution in [1.82, 2.24) is 4.98 Å². The van der Waals surface area contributed by atoms with Gasteiger partial charge in [0.25, 0.3) is 0 Å². The number of aryl methyl sites for hydroxylation is 1. The fraction of sp³-hybridized carbons (Fsp3) is 0.727. The van der Waals surface area contributed by atoms with Crippen molar-refractivity contribution in [2.45, 2.75) is 39.5 Å². The number of rotatable bonds is 2. The summed E-state index contributed by atoms with van der Waals surface area (Å²) in [5.41, 5.74) is 6.75. The minimum Gasteiger partial charge on any atom is -0.375 e. The first-order chi connectivity index (χ1) is 7.61. The van der Waals surface area contributed by atoms with Crippen LogP contribution in [0.2, 0.25) is 0 Å². The van der Waals surface area contributed by atoms with Crippen LogP contribution < -0.4 is 10.6 Å². The standard InChI is InChI=1S/C11H19N3OS/c1-7-6-15-8(2)5-14(7)11-13-9(3)10(4-12)16-11/h7-8H,4-6,12H2,1-3H3. The fourth-order valence-corrected chi connectivity index (χ4v) is 2.95. The maximum atomic E-state index is 5.68. The second-order valence-electron chi connectivity index (χ2n) is 4.35. The molecule has 2 atom stereocenters. The zero-order valence-electron chi connectivity index (χ0n) is 10.1. The molecule has 90 valence electrons. The summed E-state index contributed by atoms with van der Waals surface area (Å²) in [4.78, 5) is 8.11.